The summed E-state index contributed by atoms with van der Waals surface area (Å²) in [6, 6.07) is -1.04. The molecule has 0 aromatic rings. The molecule has 3 rings (SSSR count). The summed E-state index contributed by atoms with van der Waals surface area (Å²) in [6.45, 7) is 17.6. The molecule has 3 aliphatic rings. The number of fused-ring (bicyclic) bond motifs is 3. The molecule has 0 spiro atoms. The molecule has 0 unspecified atom stereocenters. The molecular weight excluding hydrogens is 432 g/mol. The van der Waals surface area contributed by atoms with Crippen molar-refractivity contribution in [3.05, 3.63) is 0 Å². The van der Waals surface area contributed by atoms with Crippen LogP contribution in [-0.4, -0.2) is 90.3 Å². The van der Waals surface area contributed by atoms with Crippen molar-refractivity contribution in [1.82, 2.24) is 10.2 Å². The molecule has 0 radical (unpaired) electrons. The molecule has 0 bridgehead atoms. The molecule has 6 atom stereocenters. The van der Waals surface area contributed by atoms with E-state index in [1.807, 2.05) is 41.5 Å². The number of rotatable bonds is 5. The van der Waals surface area contributed by atoms with Crippen molar-refractivity contribution >= 4 is 12.0 Å². The van der Waals surface area contributed by atoms with Gasteiger partial charge in [-0.25, -0.2) is 4.79 Å². The van der Waals surface area contributed by atoms with E-state index in [9.17, 15) is 9.59 Å². The van der Waals surface area contributed by atoms with Gasteiger partial charge in [0.1, 0.15) is 42.2 Å². The minimum absolute atomic E-state index is 0.264. The summed E-state index contributed by atoms with van der Waals surface area (Å²) in [5, 5.41) is 2.75. The van der Waals surface area contributed by atoms with Gasteiger partial charge in [-0.05, 0) is 62.3 Å². The largest absolute Gasteiger partial charge is 0.444 e. The normalized spacial score (nSPS) is 33.4. The average Bonchev–Trinajstić information content (AvgIpc) is 3.00. The number of nitrogens with one attached hydrogen (secondary N) is 1. The van der Waals surface area contributed by atoms with E-state index >= 15 is 0 Å². The predicted octanol–water partition coefficient (Wildman–Crippen LogP) is 2.19. The molecule has 0 aromatic carbocycles. The Labute approximate surface area is 196 Å². The molecule has 10 nitrogen and oxygen atoms in total. The van der Waals surface area contributed by atoms with Crippen LogP contribution in [0.1, 0.15) is 62.3 Å². The van der Waals surface area contributed by atoms with Crippen molar-refractivity contribution < 1.29 is 38.0 Å². The van der Waals surface area contributed by atoms with E-state index in [1.54, 1.807) is 25.7 Å². The molecule has 190 valence electrons. The molecule has 1 N–H and O–H groups in total. The van der Waals surface area contributed by atoms with Crippen molar-refractivity contribution in [1.29, 1.82) is 0 Å². The number of carbonyl (C=O) groups is 2. The zero-order chi connectivity index (χ0) is 24.8. The second kappa shape index (κ2) is 9.30. The molecule has 3 aliphatic heterocycles. The fourth-order valence-corrected chi connectivity index (χ4v) is 4.53. The van der Waals surface area contributed by atoms with Crippen LogP contribution in [-0.2, 0) is 33.2 Å². The van der Waals surface area contributed by atoms with Gasteiger partial charge in [0, 0.05) is 13.1 Å². The van der Waals surface area contributed by atoms with Gasteiger partial charge in [-0.2, -0.15) is 0 Å². The van der Waals surface area contributed by atoms with Crippen LogP contribution in [0.25, 0.3) is 0 Å². The van der Waals surface area contributed by atoms with Crippen LogP contribution in [0.2, 0.25) is 0 Å². The van der Waals surface area contributed by atoms with Gasteiger partial charge in [-0.15, -0.1) is 0 Å². The van der Waals surface area contributed by atoms with Gasteiger partial charge >= 0.3 is 6.09 Å². The first-order valence-corrected chi connectivity index (χ1v) is 11.8. The van der Waals surface area contributed by atoms with Crippen LogP contribution in [0.3, 0.4) is 0 Å². The highest BCUT2D eigenvalue weighted by Gasteiger charge is 2.60. The second-order valence-electron chi connectivity index (χ2n) is 10.6. The smallest absolute Gasteiger partial charge is 0.408 e. The maximum atomic E-state index is 13.5. The first kappa shape index (κ1) is 26.2. The molecule has 10 heteroatoms. The van der Waals surface area contributed by atoms with Crippen LogP contribution in [0.15, 0.2) is 0 Å². The number of carbonyl (C=O) groups excluding carboxylic acids is 2. The zero-order valence-electron chi connectivity index (χ0n) is 21.3. The summed E-state index contributed by atoms with van der Waals surface area (Å²) in [5.41, 5.74) is -0.723. The van der Waals surface area contributed by atoms with E-state index in [2.05, 4.69) is 5.32 Å². The summed E-state index contributed by atoms with van der Waals surface area (Å²) in [5.74, 6) is -1.99. The predicted molar refractivity (Wildman–Crippen MR) is 118 cm³/mol. The Kier molecular flexibility index (Phi) is 7.37. The van der Waals surface area contributed by atoms with E-state index in [0.717, 1.165) is 0 Å². The first-order chi connectivity index (χ1) is 15.2. The Morgan fingerprint density at radius 3 is 2.15 bits per heavy atom. The highest BCUT2D eigenvalue weighted by Crippen LogP contribution is 2.42. The van der Waals surface area contributed by atoms with Crippen LogP contribution in [0, 0.1) is 0 Å². The molecule has 0 aromatic heterocycles. The van der Waals surface area contributed by atoms with Crippen LogP contribution in [0.5, 0.6) is 0 Å². The average molecular weight is 473 g/mol. The van der Waals surface area contributed by atoms with Gasteiger partial charge in [0.25, 0.3) is 0 Å². The number of nitrogens with zero attached hydrogens (tertiary/aromatic N) is 1. The lowest BCUT2D eigenvalue weighted by Crippen LogP contribution is -2.69. The molecule has 33 heavy (non-hydrogen) atoms. The third-order valence-electron chi connectivity index (χ3n) is 5.87. The topological polar surface area (TPSA) is 105 Å². The van der Waals surface area contributed by atoms with Gasteiger partial charge in [-0.3, -0.25) is 4.79 Å². The molecule has 3 saturated heterocycles. The SMILES string of the molecule is CCN(CC)C(=O)[C@@H](NC(=O)OC(C)(C)C)[C@@H]1O[C@@H]2COC(C)(C)O[C@@H]2[C@H]2OC(C)(C)O[C@@H]21. The quantitative estimate of drug-likeness (QED) is 0.649. The maximum absolute atomic E-state index is 13.5. The summed E-state index contributed by atoms with van der Waals surface area (Å²) in [7, 11) is 0. The van der Waals surface area contributed by atoms with Gasteiger partial charge in [0.15, 0.2) is 11.6 Å². The third kappa shape index (κ3) is 5.97. The Hall–Kier alpha value is -1.46. The standard InChI is InChI=1S/C23H40N2O8/c1-10-25(11-2)19(26)14(24-20(27)33-21(3,4)5)16-18-17(31-23(8,9)32-18)15-13(29-16)12-28-22(6,7)30-15/h13-18H,10-12H2,1-9H3,(H,24,27)/t13-,14+,15+,16+,17-,18-/m1/s1. The summed E-state index contributed by atoms with van der Waals surface area (Å²) < 4.78 is 36.2. The van der Waals surface area contributed by atoms with Crippen LogP contribution < -0.4 is 5.32 Å². The van der Waals surface area contributed by atoms with E-state index < -0.39 is 59.8 Å². The molecule has 3 heterocycles. The van der Waals surface area contributed by atoms with Crippen LogP contribution >= 0.6 is 0 Å². The van der Waals surface area contributed by atoms with E-state index in [0.29, 0.717) is 13.1 Å². The van der Waals surface area contributed by atoms with Gasteiger partial charge in [0.05, 0.1) is 6.61 Å². The number of hydrogen-bond acceptors (Lipinski definition) is 8. The number of amides is 2. The van der Waals surface area contributed by atoms with Crippen LogP contribution in [0.4, 0.5) is 4.79 Å². The van der Waals surface area contributed by atoms with Gasteiger partial charge < -0.3 is 38.6 Å². The minimum Gasteiger partial charge on any atom is -0.444 e. The molecular formula is C23H40N2O8. The Morgan fingerprint density at radius 1 is 1.00 bits per heavy atom. The van der Waals surface area contributed by atoms with Gasteiger partial charge in [0.2, 0.25) is 5.91 Å². The Balaban J connectivity index is 1.94. The fraction of sp³-hybridized carbons (Fsp3) is 0.913. The summed E-state index contributed by atoms with van der Waals surface area (Å²) in [4.78, 5) is 27.9. The van der Waals surface area contributed by atoms with Crippen molar-refractivity contribution in [3.8, 4) is 0 Å². The lowest BCUT2D eigenvalue weighted by atomic mass is 9.89. The van der Waals surface area contributed by atoms with Gasteiger partial charge in [-0.1, -0.05) is 0 Å². The maximum Gasteiger partial charge on any atom is 0.408 e. The molecule has 0 aliphatic carbocycles. The highest BCUT2D eigenvalue weighted by atomic mass is 16.8. The Bertz CT molecular complexity index is 730. The molecule has 2 amide bonds. The zero-order valence-corrected chi connectivity index (χ0v) is 21.3. The second-order valence-corrected chi connectivity index (χ2v) is 10.6. The third-order valence-corrected chi connectivity index (χ3v) is 5.87. The lowest BCUT2D eigenvalue weighted by molar-refractivity contribution is -0.349. The fourth-order valence-electron chi connectivity index (χ4n) is 4.53. The van der Waals surface area contributed by atoms with E-state index in [-0.39, 0.29) is 12.5 Å². The van der Waals surface area contributed by atoms with E-state index in [4.69, 9.17) is 28.4 Å². The van der Waals surface area contributed by atoms with E-state index in [1.165, 1.54) is 0 Å². The number of hydrogen-bond donors (Lipinski definition) is 1. The monoisotopic (exact) mass is 472 g/mol. The number of alkyl carbamates (subject to hydrolysis) is 1. The summed E-state index contributed by atoms with van der Waals surface area (Å²) in [6.07, 6.45) is -3.61. The minimum atomic E-state index is -1.04. The molecule has 3 fully saturated rings. The number of ether oxygens (including phenoxy) is 6. The van der Waals surface area contributed by atoms with Crippen molar-refractivity contribution in [3.63, 3.8) is 0 Å². The lowest BCUT2D eigenvalue weighted by Gasteiger charge is -2.49. The van der Waals surface area contributed by atoms with Crippen molar-refractivity contribution in [2.24, 2.45) is 0 Å². The van der Waals surface area contributed by atoms with Crippen molar-refractivity contribution in [2.75, 3.05) is 19.7 Å². The van der Waals surface area contributed by atoms with Crippen molar-refractivity contribution in [2.45, 2.75) is 116 Å². The first-order valence-electron chi connectivity index (χ1n) is 11.8. The Morgan fingerprint density at radius 2 is 1.58 bits per heavy atom. The highest BCUT2D eigenvalue weighted by molar-refractivity contribution is 5.86. The molecule has 0 saturated carbocycles. The number of likely N-dealkylation sites (N-methyl/N-ethyl adjacent to an activating group) is 1. The summed E-state index contributed by atoms with van der Waals surface area (Å²) >= 11 is 0.